The van der Waals surface area contributed by atoms with E-state index in [1.54, 1.807) is 17.4 Å². The van der Waals surface area contributed by atoms with Gasteiger partial charge >= 0.3 is 0 Å². The van der Waals surface area contributed by atoms with Gasteiger partial charge in [-0.25, -0.2) is 4.39 Å². The molecule has 0 amide bonds. The molecule has 1 atom stereocenters. The summed E-state index contributed by atoms with van der Waals surface area (Å²) in [4.78, 5) is 2.37. The van der Waals surface area contributed by atoms with Crippen LogP contribution in [0.3, 0.4) is 0 Å². The third-order valence-corrected chi connectivity index (χ3v) is 4.53. The number of halogens is 1. The summed E-state index contributed by atoms with van der Waals surface area (Å²) in [7, 11) is 0. The number of thiophene rings is 1. The number of piperazine rings is 1. The fraction of sp³-hybridized carbons (Fsp3) is 0.375. The number of hydrogen-bond acceptors (Lipinski definition) is 3. The van der Waals surface area contributed by atoms with E-state index in [-0.39, 0.29) is 11.9 Å². The second-order valence-electron chi connectivity index (χ2n) is 5.27. The van der Waals surface area contributed by atoms with E-state index in [1.165, 1.54) is 5.56 Å². The van der Waals surface area contributed by atoms with Crippen LogP contribution in [0.4, 0.5) is 4.39 Å². The highest BCUT2D eigenvalue weighted by Gasteiger charge is 2.26. The van der Waals surface area contributed by atoms with Gasteiger partial charge in [0, 0.05) is 31.7 Å². The molecule has 1 aliphatic rings. The van der Waals surface area contributed by atoms with Crippen molar-refractivity contribution in [2.24, 2.45) is 0 Å². The van der Waals surface area contributed by atoms with Crippen LogP contribution in [0.2, 0.25) is 0 Å². The van der Waals surface area contributed by atoms with Crippen molar-refractivity contribution in [2.45, 2.75) is 13.0 Å². The van der Waals surface area contributed by atoms with Crippen LogP contribution in [0.15, 0.2) is 35.0 Å². The minimum absolute atomic E-state index is 0.0314. The molecule has 0 saturated carbocycles. The van der Waals surface area contributed by atoms with Gasteiger partial charge in [-0.3, -0.25) is 4.90 Å². The maximum atomic E-state index is 14.4. The Morgan fingerprint density at radius 3 is 2.70 bits per heavy atom. The Labute approximate surface area is 123 Å². The highest BCUT2D eigenvalue weighted by Crippen LogP contribution is 2.32. The predicted molar refractivity (Wildman–Crippen MR) is 81.7 cm³/mol. The van der Waals surface area contributed by atoms with Crippen molar-refractivity contribution in [1.29, 1.82) is 0 Å². The van der Waals surface area contributed by atoms with Gasteiger partial charge < -0.3 is 5.32 Å². The summed E-state index contributed by atoms with van der Waals surface area (Å²) < 4.78 is 14.4. The van der Waals surface area contributed by atoms with Crippen LogP contribution in [0, 0.1) is 12.7 Å². The van der Waals surface area contributed by atoms with Crippen LogP contribution in [0.5, 0.6) is 0 Å². The van der Waals surface area contributed by atoms with Crippen LogP contribution < -0.4 is 5.32 Å². The van der Waals surface area contributed by atoms with Crippen molar-refractivity contribution >= 4 is 11.3 Å². The minimum atomic E-state index is -0.0975. The summed E-state index contributed by atoms with van der Waals surface area (Å²) >= 11 is 1.67. The van der Waals surface area contributed by atoms with Gasteiger partial charge in [0.2, 0.25) is 0 Å². The summed E-state index contributed by atoms with van der Waals surface area (Å²) in [5.41, 5.74) is 2.95. The lowest BCUT2D eigenvalue weighted by molar-refractivity contribution is 0.195. The number of nitrogens with one attached hydrogen (secondary N) is 1. The summed E-state index contributed by atoms with van der Waals surface area (Å²) in [6, 6.07) is 7.71. The molecule has 0 bridgehead atoms. The zero-order valence-electron chi connectivity index (χ0n) is 11.6. The average Bonchev–Trinajstić information content (AvgIpc) is 2.97. The number of hydrogen-bond donors (Lipinski definition) is 1. The largest absolute Gasteiger partial charge is 0.314 e. The van der Waals surface area contributed by atoms with Crippen LogP contribution in [-0.4, -0.2) is 31.1 Å². The van der Waals surface area contributed by atoms with Crippen LogP contribution >= 0.6 is 11.3 Å². The predicted octanol–water partition coefficient (Wildman–Crippen LogP) is 3.19. The van der Waals surface area contributed by atoms with Gasteiger partial charge in [-0.1, -0.05) is 12.1 Å². The molecule has 0 spiro atoms. The smallest absolute Gasteiger partial charge is 0.128 e. The van der Waals surface area contributed by atoms with E-state index in [9.17, 15) is 4.39 Å². The topological polar surface area (TPSA) is 15.3 Å². The molecule has 2 heterocycles. The second kappa shape index (κ2) is 6.04. The molecule has 0 radical (unpaired) electrons. The summed E-state index contributed by atoms with van der Waals surface area (Å²) in [6.45, 7) is 5.77. The van der Waals surface area contributed by atoms with Gasteiger partial charge in [0.05, 0.1) is 6.04 Å². The van der Waals surface area contributed by atoms with E-state index in [1.807, 2.05) is 19.1 Å². The van der Waals surface area contributed by atoms with E-state index in [2.05, 4.69) is 27.0 Å². The molecule has 2 aromatic rings. The Bertz CT molecular complexity index is 562. The Kier molecular flexibility index (Phi) is 4.15. The minimum Gasteiger partial charge on any atom is -0.314 e. The van der Waals surface area contributed by atoms with Crippen molar-refractivity contribution in [3.8, 4) is 0 Å². The van der Waals surface area contributed by atoms with Crippen molar-refractivity contribution in [1.82, 2.24) is 10.2 Å². The number of rotatable bonds is 3. The molecule has 1 aliphatic heterocycles. The molecular weight excluding hydrogens is 271 g/mol. The van der Waals surface area contributed by atoms with Gasteiger partial charge in [0.15, 0.2) is 0 Å². The molecule has 0 unspecified atom stereocenters. The van der Waals surface area contributed by atoms with Crippen molar-refractivity contribution in [3.05, 3.63) is 57.5 Å². The van der Waals surface area contributed by atoms with E-state index >= 15 is 0 Å². The molecule has 3 rings (SSSR count). The van der Waals surface area contributed by atoms with E-state index in [4.69, 9.17) is 0 Å². The lowest BCUT2D eigenvalue weighted by atomic mass is 9.97. The molecule has 0 aliphatic carbocycles. The molecular formula is C16H19FN2S. The Morgan fingerprint density at radius 1 is 1.25 bits per heavy atom. The van der Waals surface area contributed by atoms with Gasteiger partial charge in [0.1, 0.15) is 5.82 Å². The normalized spacial score (nSPS) is 18.1. The lowest BCUT2D eigenvalue weighted by Gasteiger charge is -2.35. The molecule has 20 heavy (non-hydrogen) atoms. The standard InChI is InChI=1S/C16H19FN2S/c1-12-2-3-14(15(17)10-12)16(13-4-9-20-11-13)19-7-5-18-6-8-19/h2-4,9-11,16,18H,5-8H2,1H3/t16-/m1/s1. The Morgan fingerprint density at radius 2 is 2.05 bits per heavy atom. The molecule has 1 saturated heterocycles. The second-order valence-corrected chi connectivity index (χ2v) is 6.05. The zero-order valence-corrected chi connectivity index (χ0v) is 12.4. The molecule has 1 fully saturated rings. The SMILES string of the molecule is Cc1ccc([C@@H](c2ccsc2)N2CCNCC2)c(F)c1. The summed E-state index contributed by atoms with van der Waals surface area (Å²) in [5, 5.41) is 7.55. The Hall–Kier alpha value is -1.23. The van der Waals surface area contributed by atoms with E-state index in [0.29, 0.717) is 0 Å². The van der Waals surface area contributed by atoms with Crippen molar-refractivity contribution in [3.63, 3.8) is 0 Å². The van der Waals surface area contributed by atoms with E-state index < -0.39 is 0 Å². The first-order chi connectivity index (χ1) is 9.75. The Balaban J connectivity index is 2.00. The quantitative estimate of drug-likeness (QED) is 0.934. The first-order valence-corrected chi connectivity index (χ1v) is 7.93. The molecule has 1 N–H and O–H groups in total. The highest BCUT2D eigenvalue weighted by atomic mass is 32.1. The third-order valence-electron chi connectivity index (χ3n) is 3.83. The van der Waals surface area contributed by atoms with Gasteiger partial charge in [0.25, 0.3) is 0 Å². The number of nitrogens with zero attached hydrogens (tertiary/aromatic N) is 1. The van der Waals surface area contributed by atoms with Crippen molar-refractivity contribution < 1.29 is 4.39 Å². The summed E-state index contributed by atoms with van der Waals surface area (Å²) in [6.07, 6.45) is 0. The molecule has 1 aromatic heterocycles. The number of benzene rings is 1. The fourth-order valence-corrected chi connectivity index (χ4v) is 3.49. The van der Waals surface area contributed by atoms with E-state index in [0.717, 1.165) is 37.3 Å². The lowest BCUT2D eigenvalue weighted by Crippen LogP contribution is -2.45. The maximum absolute atomic E-state index is 14.4. The number of aryl methyl sites for hydroxylation is 1. The van der Waals surface area contributed by atoms with Gasteiger partial charge in [-0.05, 0) is 40.9 Å². The maximum Gasteiger partial charge on any atom is 0.128 e. The first-order valence-electron chi connectivity index (χ1n) is 6.98. The fourth-order valence-electron chi connectivity index (χ4n) is 2.81. The van der Waals surface area contributed by atoms with Crippen LogP contribution in [-0.2, 0) is 0 Å². The average molecular weight is 290 g/mol. The van der Waals surface area contributed by atoms with Crippen molar-refractivity contribution in [2.75, 3.05) is 26.2 Å². The van der Waals surface area contributed by atoms with Gasteiger partial charge in [-0.15, -0.1) is 0 Å². The monoisotopic (exact) mass is 290 g/mol. The molecule has 4 heteroatoms. The van der Waals surface area contributed by atoms with Gasteiger partial charge in [-0.2, -0.15) is 11.3 Å². The van der Waals surface area contributed by atoms with Crippen LogP contribution in [0.1, 0.15) is 22.7 Å². The van der Waals surface area contributed by atoms with Crippen LogP contribution in [0.25, 0.3) is 0 Å². The third kappa shape index (κ3) is 2.77. The zero-order chi connectivity index (χ0) is 13.9. The highest BCUT2D eigenvalue weighted by molar-refractivity contribution is 7.08. The molecule has 2 nitrogen and oxygen atoms in total. The molecule has 1 aromatic carbocycles. The summed E-state index contributed by atoms with van der Waals surface area (Å²) in [5.74, 6) is -0.0975. The first kappa shape index (κ1) is 13.7. The molecule has 106 valence electrons.